The van der Waals surface area contributed by atoms with E-state index in [0.717, 1.165) is 39.0 Å². The molecule has 1 saturated heterocycles. The second-order valence-electron chi connectivity index (χ2n) is 7.92. The summed E-state index contributed by atoms with van der Waals surface area (Å²) in [5.74, 6) is 0.697. The topological polar surface area (TPSA) is 49.4 Å². The molecule has 0 radical (unpaired) electrons. The van der Waals surface area contributed by atoms with Crippen molar-refractivity contribution in [2.24, 2.45) is 5.92 Å². The highest BCUT2D eigenvalue weighted by molar-refractivity contribution is 7.98. The Morgan fingerprint density at radius 3 is 2.48 bits per heavy atom. The Hall–Kier alpha value is -1.50. The third kappa shape index (κ3) is 7.05. The SMILES string of the molecule is CSc1cccc(NCCCN2CCC(Cc3ccc(S(C)(=O)=O)cc3)CC2)c1. The predicted octanol–water partition coefficient (Wildman–Crippen LogP) is 4.57. The smallest absolute Gasteiger partial charge is 0.175 e. The van der Waals surface area contributed by atoms with Crippen molar-refractivity contribution in [2.45, 2.75) is 35.5 Å². The van der Waals surface area contributed by atoms with E-state index in [1.165, 1.54) is 35.2 Å². The Labute approximate surface area is 180 Å². The molecule has 4 nitrogen and oxygen atoms in total. The molecular formula is C23H32N2O2S2. The van der Waals surface area contributed by atoms with E-state index in [1.54, 1.807) is 23.9 Å². The maximum atomic E-state index is 11.6. The maximum absolute atomic E-state index is 11.6. The summed E-state index contributed by atoms with van der Waals surface area (Å²) in [6, 6.07) is 16.0. The molecule has 2 aromatic rings. The van der Waals surface area contributed by atoms with Gasteiger partial charge in [0.25, 0.3) is 0 Å². The molecule has 0 amide bonds. The van der Waals surface area contributed by atoms with E-state index in [0.29, 0.717) is 10.8 Å². The van der Waals surface area contributed by atoms with E-state index in [4.69, 9.17) is 0 Å². The molecule has 1 aliphatic heterocycles. The van der Waals surface area contributed by atoms with E-state index < -0.39 is 9.84 Å². The minimum atomic E-state index is -3.11. The van der Waals surface area contributed by atoms with Crippen molar-refractivity contribution in [1.82, 2.24) is 4.90 Å². The number of likely N-dealkylation sites (tertiary alicyclic amines) is 1. The molecule has 0 bridgehead atoms. The summed E-state index contributed by atoms with van der Waals surface area (Å²) < 4.78 is 23.2. The molecule has 2 aromatic carbocycles. The first-order valence-corrected chi connectivity index (χ1v) is 13.4. The van der Waals surface area contributed by atoms with Crippen LogP contribution in [0.2, 0.25) is 0 Å². The normalized spacial score (nSPS) is 16.1. The van der Waals surface area contributed by atoms with Gasteiger partial charge in [-0.2, -0.15) is 0 Å². The van der Waals surface area contributed by atoms with Gasteiger partial charge in [0.15, 0.2) is 9.84 Å². The molecule has 0 atom stereocenters. The Bertz CT molecular complexity index is 874. The molecule has 1 fully saturated rings. The molecular weight excluding hydrogens is 400 g/mol. The fourth-order valence-corrected chi connectivity index (χ4v) is 4.98. The minimum absolute atomic E-state index is 0.407. The summed E-state index contributed by atoms with van der Waals surface area (Å²) in [7, 11) is -3.11. The van der Waals surface area contributed by atoms with Gasteiger partial charge in [0.1, 0.15) is 0 Å². The molecule has 0 unspecified atom stereocenters. The average Bonchev–Trinajstić information content (AvgIpc) is 2.72. The Kier molecular flexibility index (Phi) is 8.04. The number of sulfone groups is 1. The van der Waals surface area contributed by atoms with Gasteiger partial charge >= 0.3 is 0 Å². The zero-order valence-corrected chi connectivity index (χ0v) is 19.1. The van der Waals surface area contributed by atoms with Crippen molar-refractivity contribution in [1.29, 1.82) is 0 Å². The van der Waals surface area contributed by atoms with Crippen molar-refractivity contribution >= 4 is 27.3 Å². The van der Waals surface area contributed by atoms with Crippen LogP contribution in [0.1, 0.15) is 24.8 Å². The summed E-state index contributed by atoms with van der Waals surface area (Å²) in [4.78, 5) is 4.27. The predicted molar refractivity (Wildman–Crippen MR) is 124 cm³/mol. The van der Waals surface area contributed by atoms with E-state index in [9.17, 15) is 8.42 Å². The zero-order chi connectivity index (χ0) is 20.7. The van der Waals surface area contributed by atoms with Gasteiger partial charge in [-0.1, -0.05) is 18.2 Å². The first-order valence-electron chi connectivity index (χ1n) is 10.3. The highest BCUT2D eigenvalue weighted by atomic mass is 32.2. The van der Waals surface area contributed by atoms with Crippen LogP contribution in [0.4, 0.5) is 5.69 Å². The van der Waals surface area contributed by atoms with Gasteiger partial charge in [-0.3, -0.25) is 0 Å². The van der Waals surface area contributed by atoms with Gasteiger partial charge in [-0.25, -0.2) is 8.42 Å². The number of rotatable bonds is 9. The molecule has 1 heterocycles. The van der Waals surface area contributed by atoms with Gasteiger partial charge in [-0.05, 0) is 93.4 Å². The molecule has 0 aliphatic carbocycles. The van der Waals surface area contributed by atoms with Gasteiger partial charge in [0.05, 0.1) is 4.90 Å². The first kappa shape index (κ1) is 22.2. The number of nitrogens with one attached hydrogen (secondary N) is 1. The highest BCUT2D eigenvalue weighted by Gasteiger charge is 2.19. The third-order valence-electron chi connectivity index (χ3n) is 5.63. The van der Waals surface area contributed by atoms with Crippen LogP contribution >= 0.6 is 11.8 Å². The van der Waals surface area contributed by atoms with Crippen LogP contribution in [0.3, 0.4) is 0 Å². The lowest BCUT2D eigenvalue weighted by Crippen LogP contribution is -2.35. The number of nitrogens with zero attached hydrogens (tertiary/aromatic N) is 1. The monoisotopic (exact) mass is 432 g/mol. The second-order valence-corrected chi connectivity index (χ2v) is 10.8. The number of piperidine rings is 1. The van der Waals surface area contributed by atoms with Crippen molar-refractivity contribution in [3.05, 3.63) is 54.1 Å². The zero-order valence-electron chi connectivity index (χ0n) is 17.4. The average molecular weight is 433 g/mol. The minimum Gasteiger partial charge on any atom is -0.385 e. The van der Waals surface area contributed by atoms with Gasteiger partial charge in [0, 0.05) is 23.4 Å². The van der Waals surface area contributed by atoms with Gasteiger partial charge in [0.2, 0.25) is 0 Å². The fraction of sp³-hybridized carbons (Fsp3) is 0.478. The number of benzene rings is 2. The Morgan fingerprint density at radius 2 is 1.83 bits per heavy atom. The lowest BCUT2D eigenvalue weighted by molar-refractivity contribution is 0.183. The quantitative estimate of drug-likeness (QED) is 0.465. The van der Waals surface area contributed by atoms with Crippen molar-refractivity contribution < 1.29 is 8.42 Å². The maximum Gasteiger partial charge on any atom is 0.175 e. The number of hydrogen-bond donors (Lipinski definition) is 1. The molecule has 158 valence electrons. The van der Waals surface area contributed by atoms with Crippen LogP contribution in [0.25, 0.3) is 0 Å². The van der Waals surface area contributed by atoms with E-state index in [1.807, 2.05) is 12.1 Å². The second kappa shape index (κ2) is 10.5. The lowest BCUT2D eigenvalue weighted by atomic mass is 9.90. The largest absolute Gasteiger partial charge is 0.385 e. The van der Waals surface area contributed by atoms with Crippen molar-refractivity contribution in [3.63, 3.8) is 0 Å². The Balaban J connectivity index is 1.35. The highest BCUT2D eigenvalue weighted by Crippen LogP contribution is 2.23. The van der Waals surface area contributed by atoms with Crippen molar-refractivity contribution in [2.75, 3.05) is 44.0 Å². The molecule has 0 saturated carbocycles. The number of thioether (sulfide) groups is 1. The molecule has 3 rings (SSSR count). The van der Waals surface area contributed by atoms with Crippen LogP contribution in [-0.2, 0) is 16.3 Å². The van der Waals surface area contributed by atoms with E-state index >= 15 is 0 Å². The molecule has 0 spiro atoms. The number of hydrogen-bond acceptors (Lipinski definition) is 5. The van der Waals surface area contributed by atoms with Crippen molar-refractivity contribution in [3.8, 4) is 0 Å². The summed E-state index contributed by atoms with van der Waals surface area (Å²) in [5, 5.41) is 3.53. The van der Waals surface area contributed by atoms with E-state index in [2.05, 4.69) is 40.7 Å². The summed E-state index contributed by atoms with van der Waals surface area (Å²) in [5.41, 5.74) is 2.45. The van der Waals surface area contributed by atoms with Gasteiger partial charge in [-0.15, -0.1) is 11.8 Å². The standard InChI is InChI=1S/C23H32N2O2S2/c1-28-22-6-3-5-21(18-22)24-13-4-14-25-15-11-20(12-16-25)17-19-7-9-23(10-8-19)29(2,26)27/h3,5-10,18,20,24H,4,11-17H2,1-2H3. The van der Waals surface area contributed by atoms with Gasteiger partial charge < -0.3 is 10.2 Å². The summed E-state index contributed by atoms with van der Waals surface area (Å²) in [6.07, 6.45) is 8.00. The van der Waals surface area contributed by atoms with Crippen LogP contribution in [-0.4, -0.2) is 52.0 Å². The summed E-state index contributed by atoms with van der Waals surface area (Å²) >= 11 is 1.77. The van der Waals surface area contributed by atoms with Crippen LogP contribution in [0.5, 0.6) is 0 Å². The third-order valence-corrected chi connectivity index (χ3v) is 7.49. The number of anilines is 1. The molecule has 29 heavy (non-hydrogen) atoms. The van der Waals surface area contributed by atoms with Crippen LogP contribution in [0, 0.1) is 5.92 Å². The fourth-order valence-electron chi connectivity index (χ4n) is 3.89. The molecule has 0 aromatic heterocycles. The lowest BCUT2D eigenvalue weighted by Gasteiger charge is -2.32. The molecule has 6 heteroatoms. The van der Waals surface area contributed by atoms with Crippen LogP contribution < -0.4 is 5.32 Å². The first-order chi connectivity index (χ1) is 13.9. The summed E-state index contributed by atoms with van der Waals surface area (Å²) in [6.45, 7) is 4.47. The van der Waals surface area contributed by atoms with Crippen LogP contribution in [0.15, 0.2) is 58.3 Å². The Morgan fingerprint density at radius 1 is 1.10 bits per heavy atom. The molecule has 1 N–H and O–H groups in total. The molecule has 1 aliphatic rings. The van der Waals surface area contributed by atoms with E-state index in [-0.39, 0.29) is 0 Å².